The van der Waals surface area contributed by atoms with E-state index in [4.69, 9.17) is 10.5 Å². The van der Waals surface area contributed by atoms with Crippen molar-refractivity contribution in [2.75, 3.05) is 39.8 Å². The van der Waals surface area contributed by atoms with Crippen LogP contribution in [0.3, 0.4) is 0 Å². The van der Waals surface area contributed by atoms with Gasteiger partial charge in [-0.25, -0.2) is 0 Å². The van der Waals surface area contributed by atoms with Gasteiger partial charge in [0, 0.05) is 50.9 Å². The minimum atomic E-state index is 0.494. The van der Waals surface area contributed by atoms with E-state index in [0.717, 1.165) is 45.0 Å². The van der Waals surface area contributed by atoms with Gasteiger partial charge in [-0.3, -0.25) is 9.80 Å². The third-order valence-electron chi connectivity index (χ3n) is 3.96. The van der Waals surface area contributed by atoms with Crippen LogP contribution < -0.4 is 10.5 Å². The van der Waals surface area contributed by atoms with E-state index in [1.165, 1.54) is 5.56 Å². The molecule has 1 atom stereocenters. The van der Waals surface area contributed by atoms with E-state index in [0.29, 0.717) is 6.04 Å². The Balaban J connectivity index is 1.89. The van der Waals surface area contributed by atoms with Gasteiger partial charge in [-0.2, -0.15) is 0 Å². The van der Waals surface area contributed by atoms with Crippen molar-refractivity contribution >= 4 is 0 Å². The highest BCUT2D eigenvalue weighted by atomic mass is 16.5. The van der Waals surface area contributed by atoms with Crippen molar-refractivity contribution in [2.24, 2.45) is 5.73 Å². The Morgan fingerprint density at radius 2 is 1.89 bits per heavy atom. The summed E-state index contributed by atoms with van der Waals surface area (Å²) in [5.41, 5.74) is 7.00. The van der Waals surface area contributed by atoms with Crippen molar-refractivity contribution in [3.63, 3.8) is 0 Å². The molecule has 2 rings (SSSR count). The molecule has 19 heavy (non-hydrogen) atoms. The first kappa shape index (κ1) is 14.3. The summed E-state index contributed by atoms with van der Waals surface area (Å²) in [4.78, 5) is 4.95. The molecule has 1 unspecified atom stereocenters. The molecule has 0 radical (unpaired) electrons. The zero-order valence-electron chi connectivity index (χ0n) is 12.0. The van der Waals surface area contributed by atoms with Gasteiger partial charge in [0.25, 0.3) is 0 Å². The second kappa shape index (κ2) is 6.89. The second-order valence-corrected chi connectivity index (χ2v) is 5.21. The first-order valence-electron chi connectivity index (χ1n) is 7.03. The molecule has 1 aromatic carbocycles. The van der Waals surface area contributed by atoms with Crippen LogP contribution in [-0.4, -0.2) is 55.7 Å². The van der Waals surface area contributed by atoms with Crippen LogP contribution in [0.4, 0.5) is 0 Å². The Kier molecular flexibility index (Phi) is 5.19. The number of methoxy groups -OCH3 is 1. The highest BCUT2D eigenvalue weighted by molar-refractivity contribution is 5.33. The van der Waals surface area contributed by atoms with Gasteiger partial charge in [-0.05, 0) is 13.0 Å². The molecule has 1 aliphatic rings. The zero-order chi connectivity index (χ0) is 13.7. The molecule has 1 saturated heterocycles. The fourth-order valence-electron chi connectivity index (χ4n) is 2.59. The Morgan fingerprint density at radius 1 is 1.21 bits per heavy atom. The van der Waals surface area contributed by atoms with E-state index in [-0.39, 0.29) is 0 Å². The predicted octanol–water partition coefficient (Wildman–Crippen LogP) is 1.16. The minimum Gasteiger partial charge on any atom is -0.496 e. The lowest BCUT2D eigenvalue weighted by Gasteiger charge is -2.37. The third-order valence-corrected chi connectivity index (χ3v) is 3.96. The van der Waals surface area contributed by atoms with E-state index >= 15 is 0 Å². The quantitative estimate of drug-likeness (QED) is 0.865. The number of hydrogen-bond acceptors (Lipinski definition) is 4. The molecule has 0 spiro atoms. The van der Waals surface area contributed by atoms with Crippen LogP contribution >= 0.6 is 0 Å². The number of nitrogens with zero attached hydrogens (tertiary/aromatic N) is 2. The Labute approximate surface area is 116 Å². The van der Waals surface area contributed by atoms with Crippen molar-refractivity contribution in [1.82, 2.24) is 9.80 Å². The molecular formula is C15H25N3O. The first-order chi connectivity index (χ1) is 9.24. The highest BCUT2D eigenvalue weighted by Gasteiger charge is 2.20. The topological polar surface area (TPSA) is 41.7 Å². The maximum Gasteiger partial charge on any atom is 0.123 e. The monoisotopic (exact) mass is 263 g/mol. The average molecular weight is 263 g/mol. The van der Waals surface area contributed by atoms with Gasteiger partial charge in [0.15, 0.2) is 0 Å². The van der Waals surface area contributed by atoms with Crippen LogP contribution in [0, 0.1) is 0 Å². The molecule has 0 saturated carbocycles. The van der Waals surface area contributed by atoms with Gasteiger partial charge in [-0.15, -0.1) is 0 Å². The van der Waals surface area contributed by atoms with Crippen molar-refractivity contribution in [3.05, 3.63) is 29.8 Å². The van der Waals surface area contributed by atoms with E-state index in [1.54, 1.807) is 7.11 Å². The van der Waals surface area contributed by atoms with Crippen molar-refractivity contribution in [1.29, 1.82) is 0 Å². The fraction of sp³-hybridized carbons (Fsp3) is 0.600. The summed E-state index contributed by atoms with van der Waals surface area (Å²) in [5.74, 6) is 0.986. The second-order valence-electron chi connectivity index (χ2n) is 5.21. The van der Waals surface area contributed by atoms with E-state index in [1.807, 2.05) is 12.1 Å². The molecule has 4 nitrogen and oxygen atoms in total. The molecule has 2 N–H and O–H groups in total. The van der Waals surface area contributed by atoms with E-state index < -0.39 is 0 Å². The highest BCUT2D eigenvalue weighted by Crippen LogP contribution is 2.20. The number of benzene rings is 1. The first-order valence-corrected chi connectivity index (χ1v) is 7.03. The lowest BCUT2D eigenvalue weighted by Crippen LogP contribution is -2.51. The van der Waals surface area contributed by atoms with E-state index in [2.05, 4.69) is 28.9 Å². The lowest BCUT2D eigenvalue weighted by molar-refractivity contribution is 0.0999. The summed E-state index contributed by atoms with van der Waals surface area (Å²) in [6.07, 6.45) is 0. The average Bonchev–Trinajstić information content (AvgIpc) is 2.48. The van der Waals surface area contributed by atoms with Crippen LogP contribution in [0.15, 0.2) is 24.3 Å². The van der Waals surface area contributed by atoms with Gasteiger partial charge >= 0.3 is 0 Å². The van der Waals surface area contributed by atoms with Crippen LogP contribution in [0.2, 0.25) is 0 Å². The maximum atomic E-state index is 5.73. The fourth-order valence-corrected chi connectivity index (χ4v) is 2.59. The summed E-state index contributed by atoms with van der Waals surface area (Å²) in [6.45, 7) is 8.32. The number of para-hydroxylation sites is 1. The SMILES string of the molecule is COc1ccccc1CN1CCN(C(C)CN)CC1. The summed E-state index contributed by atoms with van der Waals surface area (Å²) < 4.78 is 5.41. The molecule has 1 fully saturated rings. The van der Waals surface area contributed by atoms with Gasteiger partial charge in [0.2, 0.25) is 0 Å². The number of nitrogens with two attached hydrogens (primary N) is 1. The van der Waals surface area contributed by atoms with Crippen LogP contribution in [0.5, 0.6) is 5.75 Å². The molecule has 1 aromatic rings. The summed E-state index contributed by atoms with van der Waals surface area (Å²) in [6, 6.07) is 8.76. The number of ether oxygens (including phenoxy) is 1. The Morgan fingerprint density at radius 3 is 2.53 bits per heavy atom. The Bertz CT molecular complexity index is 389. The van der Waals surface area contributed by atoms with E-state index in [9.17, 15) is 0 Å². The minimum absolute atomic E-state index is 0.494. The third kappa shape index (κ3) is 3.69. The van der Waals surface area contributed by atoms with Gasteiger partial charge < -0.3 is 10.5 Å². The number of hydrogen-bond donors (Lipinski definition) is 1. The molecule has 1 aliphatic heterocycles. The number of rotatable bonds is 5. The molecular weight excluding hydrogens is 238 g/mol. The largest absolute Gasteiger partial charge is 0.496 e. The smallest absolute Gasteiger partial charge is 0.123 e. The molecule has 0 aromatic heterocycles. The number of piperazine rings is 1. The summed E-state index contributed by atoms with van der Waals surface area (Å²) >= 11 is 0. The van der Waals surface area contributed by atoms with Gasteiger partial charge in [0.1, 0.15) is 5.75 Å². The normalized spacial score (nSPS) is 19.3. The summed E-state index contributed by atoms with van der Waals surface area (Å²) in [5, 5.41) is 0. The maximum absolute atomic E-state index is 5.73. The summed E-state index contributed by atoms with van der Waals surface area (Å²) in [7, 11) is 1.74. The van der Waals surface area contributed by atoms with Crippen LogP contribution in [0.1, 0.15) is 12.5 Å². The molecule has 0 amide bonds. The zero-order valence-corrected chi connectivity index (χ0v) is 12.0. The Hall–Kier alpha value is -1.10. The van der Waals surface area contributed by atoms with Crippen molar-refractivity contribution < 1.29 is 4.74 Å². The van der Waals surface area contributed by atoms with Gasteiger partial charge in [-0.1, -0.05) is 18.2 Å². The molecule has 0 bridgehead atoms. The molecule has 4 heteroatoms. The van der Waals surface area contributed by atoms with Crippen molar-refractivity contribution in [3.8, 4) is 5.75 Å². The molecule has 1 heterocycles. The van der Waals surface area contributed by atoms with Crippen molar-refractivity contribution in [2.45, 2.75) is 19.5 Å². The van der Waals surface area contributed by atoms with Crippen LogP contribution in [0.25, 0.3) is 0 Å². The van der Waals surface area contributed by atoms with Gasteiger partial charge in [0.05, 0.1) is 7.11 Å². The molecule has 0 aliphatic carbocycles. The predicted molar refractivity (Wildman–Crippen MR) is 78.4 cm³/mol. The standard InChI is InChI=1S/C15H25N3O/c1-13(11-16)18-9-7-17(8-10-18)12-14-5-3-4-6-15(14)19-2/h3-6,13H,7-12,16H2,1-2H3. The lowest BCUT2D eigenvalue weighted by atomic mass is 10.1. The molecule has 106 valence electrons. The van der Waals surface area contributed by atoms with Crippen LogP contribution in [-0.2, 0) is 6.54 Å².